The number of nitrogen functional groups attached to an aromatic ring is 1. The van der Waals surface area contributed by atoms with E-state index in [0.29, 0.717) is 0 Å². The second kappa shape index (κ2) is 4.73. The lowest BCUT2D eigenvalue weighted by Crippen LogP contribution is -2.23. The molecule has 4 heteroatoms. The van der Waals surface area contributed by atoms with Crippen LogP contribution in [0.15, 0.2) is 18.3 Å². The van der Waals surface area contributed by atoms with Gasteiger partial charge < -0.3 is 10.6 Å². The quantitative estimate of drug-likeness (QED) is 0.617. The van der Waals surface area contributed by atoms with Crippen LogP contribution in [0, 0.1) is 17.2 Å². The first-order valence-corrected chi connectivity index (χ1v) is 6.13. The molecule has 0 aliphatic carbocycles. The van der Waals surface area contributed by atoms with Crippen LogP contribution in [-0.2, 0) is 0 Å². The first-order valence-electron chi connectivity index (χ1n) is 6.13. The van der Waals surface area contributed by atoms with E-state index in [1.54, 1.807) is 12.3 Å². The number of pyridine rings is 1. The Balaban J connectivity index is 2.13. The summed E-state index contributed by atoms with van der Waals surface area (Å²) in [5.41, 5.74) is 6.25. The molecule has 1 aromatic rings. The van der Waals surface area contributed by atoms with Crippen LogP contribution in [0.2, 0.25) is 0 Å². The van der Waals surface area contributed by atoms with Gasteiger partial charge in [-0.3, -0.25) is 5.41 Å². The maximum Gasteiger partial charge on any atom is 0.129 e. The lowest BCUT2D eigenvalue weighted by atomic mass is 9.95. The highest BCUT2D eigenvalue weighted by Crippen LogP contribution is 2.27. The summed E-state index contributed by atoms with van der Waals surface area (Å²) in [5.74, 6) is 2.52. The molecule has 0 amide bonds. The molecule has 2 rings (SSSR count). The van der Waals surface area contributed by atoms with Crippen molar-refractivity contribution in [2.24, 2.45) is 17.6 Å². The van der Waals surface area contributed by atoms with Crippen LogP contribution < -0.4 is 10.6 Å². The molecule has 0 bridgehead atoms. The van der Waals surface area contributed by atoms with Gasteiger partial charge in [0.05, 0.1) is 0 Å². The topological polar surface area (TPSA) is 66.0 Å². The minimum atomic E-state index is 0.105. The van der Waals surface area contributed by atoms with Gasteiger partial charge in [0.2, 0.25) is 0 Å². The summed E-state index contributed by atoms with van der Waals surface area (Å²) in [5, 5.41) is 7.44. The van der Waals surface area contributed by atoms with Gasteiger partial charge in [-0.2, -0.15) is 0 Å². The van der Waals surface area contributed by atoms with Crippen LogP contribution in [0.1, 0.15) is 25.8 Å². The zero-order valence-corrected chi connectivity index (χ0v) is 10.5. The van der Waals surface area contributed by atoms with E-state index in [9.17, 15) is 0 Å². The second-order valence-electron chi connectivity index (χ2n) is 5.06. The molecule has 2 heterocycles. The molecule has 0 aromatic carbocycles. The van der Waals surface area contributed by atoms with Crippen molar-refractivity contribution < 1.29 is 0 Å². The maximum absolute atomic E-state index is 7.44. The van der Waals surface area contributed by atoms with Crippen molar-refractivity contribution in [3.05, 3.63) is 23.9 Å². The minimum absolute atomic E-state index is 0.105. The molecule has 1 saturated heterocycles. The largest absolute Gasteiger partial charge is 0.384 e. The fourth-order valence-electron chi connectivity index (χ4n) is 2.30. The zero-order chi connectivity index (χ0) is 12.4. The molecule has 1 fully saturated rings. The summed E-state index contributed by atoms with van der Waals surface area (Å²) in [6, 6.07) is 3.69. The predicted molar refractivity (Wildman–Crippen MR) is 70.4 cm³/mol. The van der Waals surface area contributed by atoms with Crippen LogP contribution in [0.5, 0.6) is 0 Å². The van der Waals surface area contributed by atoms with Crippen molar-refractivity contribution in [3.8, 4) is 0 Å². The van der Waals surface area contributed by atoms with E-state index in [-0.39, 0.29) is 5.84 Å². The Kier molecular flexibility index (Phi) is 3.31. The van der Waals surface area contributed by atoms with E-state index in [2.05, 4.69) is 23.7 Å². The van der Waals surface area contributed by atoms with Gasteiger partial charge in [0, 0.05) is 24.8 Å². The van der Waals surface area contributed by atoms with E-state index in [0.717, 1.165) is 36.3 Å². The Morgan fingerprint density at radius 2 is 2.35 bits per heavy atom. The standard InChI is InChI=1S/C13H20N4/c1-9(2)11-4-6-17(8-11)12-7-10(13(14)15)3-5-16-12/h3,5,7,9,11H,4,6,8H2,1-2H3,(H3,14,15). The second-order valence-corrected chi connectivity index (χ2v) is 5.06. The molecule has 1 atom stereocenters. The predicted octanol–water partition coefficient (Wildman–Crippen LogP) is 1.85. The van der Waals surface area contributed by atoms with Gasteiger partial charge in [0.1, 0.15) is 11.7 Å². The number of rotatable bonds is 3. The first-order chi connectivity index (χ1) is 8.08. The van der Waals surface area contributed by atoms with Gasteiger partial charge in [0.15, 0.2) is 0 Å². The molecular weight excluding hydrogens is 212 g/mol. The van der Waals surface area contributed by atoms with Crippen LogP contribution in [0.25, 0.3) is 0 Å². The van der Waals surface area contributed by atoms with Crippen molar-refractivity contribution >= 4 is 11.7 Å². The molecule has 0 spiro atoms. The number of anilines is 1. The van der Waals surface area contributed by atoms with Crippen LogP contribution >= 0.6 is 0 Å². The van der Waals surface area contributed by atoms with E-state index in [4.69, 9.17) is 11.1 Å². The van der Waals surface area contributed by atoms with E-state index < -0.39 is 0 Å². The molecule has 1 unspecified atom stereocenters. The molecule has 0 saturated carbocycles. The highest BCUT2D eigenvalue weighted by atomic mass is 15.2. The minimum Gasteiger partial charge on any atom is -0.384 e. The van der Waals surface area contributed by atoms with Crippen molar-refractivity contribution in [2.45, 2.75) is 20.3 Å². The highest BCUT2D eigenvalue weighted by Gasteiger charge is 2.25. The van der Waals surface area contributed by atoms with Gasteiger partial charge >= 0.3 is 0 Å². The third-order valence-corrected chi connectivity index (χ3v) is 3.55. The lowest BCUT2D eigenvalue weighted by molar-refractivity contribution is 0.422. The fraction of sp³-hybridized carbons (Fsp3) is 0.538. The number of nitrogens with one attached hydrogen (secondary N) is 1. The average molecular weight is 232 g/mol. The Morgan fingerprint density at radius 3 is 2.94 bits per heavy atom. The molecular formula is C13H20N4. The molecule has 1 aliphatic rings. The normalized spacial score (nSPS) is 19.9. The van der Waals surface area contributed by atoms with Gasteiger partial charge in [0.25, 0.3) is 0 Å². The number of aromatic nitrogens is 1. The first kappa shape index (κ1) is 11.9. The number of amidine groups is 1. The van der Waals surface area contributed by atoms with Gasteiger partial charge in [-0.15, -0.1) is 0 Å². The van der Waals surface area contributed by atoms with Crippen LogP contribution in [0.3, 0.4) is 0 Å². The van der Waals surface area contributed by atoms with E-state index in [1.807, 2.05) is 6.07 Å². The molecule has 1 aromatic heterocycles. The smallest absolute Gasteiger partial charge is 0.129 e. The van der Waals surface area contributed by atoms with Crippen LogP contribution in [-0.4, -0.2) is 23.9 Å². The summed E-state index contributed by atoms with van der Waals surface area (Å²) < 4.78 is 0. The zero-order valence-electron chi connectivity index (χ0n) is 10.5. The number of nitrogens with two attached hydrogens (primary N) is 1. The maximum atomic E-state index is 7.44. The van der Waals surface area contributed by atoms with Crippen molar-refractivity contribution in [1.82, 2.24) is 4.98 Å². The molecule has 17 heavy (non-hydrogen) atoms. The van der Waals surface area contributed by atoms with E-state index >= 15 is 0 Å². The molecule has 3 N–H and O–H groups in total. The monoisotopic (exact) mass is 232 g/mol. The Morgan fingerprint density at radius 1 is 1.59 bits per heavy atom. The van der Waals surface area contributed by atoms with Crippen molar-refractivity contribution in [3.63, 3.8) is 0 Å². The Labute approximate surface area is 102 Å². The van der Waals surface area contributed by atoms with Gasteiger partial charge in [-0.1, -0.05) is 13.8 Å². The molecule has 0 radical (unpaired) electrons. The van der Waals surface area contributed by atoms with E-state index in [1.165, 1.54) is 6.42 Å². The lowest BCUT2D eigenvalue weighted by Gasteiger charge is -2.19. The summed E-state index contributed by atoms with van der Waals surface area (Å²) >= 11 is 0. The Bertz CT molecular complexity index is 414. The number of hydrogen-bond donors (Lipinski definition) is 2. The summed E-state index contributed by atoms with van der Waals surface area (Å²) in [6.07, 6.45) is 2.96. The average Bonchev–Trinajstić information content (AvgIpc) is 2.78. The molecule has 1 aliphatic heterocycles. The Hall–Kier alpha value is -1.58. The summed E-state index contributed by atoms with van der Waals surface area (Å²) in [7, 11) is 0. The highest BCUT2D eigenvalue weighted by molar-refractivity contribution is 5.95. The van der Waals surface area contributed by atoms with Crippen LogP contribution in [0.4, 0.5) is 5.82 Å². The third kappa shape index (κ3) is 2.57. The SMILES string of the molecule is CC(C)C1CCN(c2cc(C(=N)N)ccn2)C1. The molecule has 4 nitrogen and oxygen atoms in total. The van der Waals surface area contributed by atoms with Crippen molar-refractivity contribution in [2.75, 3.05) is 18.0 Å². The van der Waals surface area contributed by atoms with Gasteiger partial charge in [-0.25, -0.2) is 4.98 Å². The third-order valence-electron chi connectivity index (χ3n) is 3.55. The fourth-order valence-corrected chi connectivity index (χ4v) is 2.30. The van der Waals surface area contributed by atoms with Crippen molar-refractivity contribution in [1.29, 1.82) is 5.41 Å². The number of nitrogens with zero attached hydrogens (tertiary/aromatic N) is 2. The number of hydrogen-bond acceptors (Lipinski definition) is 3. The molecule has 92 valence electrons. The summed E-state index contributed by atoms with van der Waals surface area (Å²) in [6.45, 7) is 6.66. The summed E-state index contributed by atoms with van der Waals surface area (Å²) in [4.78, 5) is 6.66. The van der Waals surface area contributed by atoms with Gasteiger partial charge in [-0.05, 0) is 30.4 Å².